The summed E-state index contributed by atoms with van der Waals surface area (Å²) in [6, 6.07) is 3.35. The molecule has 1 aromatic carbocycles. The van der Waals surface area contributed by atoms with E-state index in [2.05, 4.69) is 11.8 Å². The third-order valence-electron chi connectivity index (χ3n) is 3.76. The quantitative estimate of drug-likeness (QED) is 0.870. The Balaban J connectivity index is 2.38. The molecule has 0 aromatic heterocycles. The molecule has 1 N–H and O–H groups in total. The van der Waals surface area contributed by atoms with Crippen LogP contribution in [0.3, 0.4) is 0 Å². The van der Waals surface area contributed by atoms with Crippen LogP contribution in [0.15, 0.2) is 12.1 Å². The van der Waals surface area contributed by atoms with Crippen molar-refractivity contribution in [1.82, 2.24) is 0 Å². The summed E-state index contributed by atoms with van der Waals surface area (Å²) in [5.41, 5.74) is 2.34. The number of rotatable bonds is 2. The molecule has 100 valence electrons. The third kappa shape index (κ3) is 2.66. The highest BCUT2D eigenvalue weighted by Gasteiger charge is 2.21. The van der Waals surface area contributed by atoms with E-state index in [1.54, 1.807) is 13.8 Å². The maximum Gasteiger partial charge on any atom is 0.126 e. The minimum Gasteiger partial charge on any atom is -0.389 e. The number of hydrogen-bond donors (Lipinski definition) is 1. The van der Waals surface area contributed by atoms with Gasteiger partial charge in [0.25, 0.3) is 0 Å². The molecule has 1 heterocycles. The Bertz CT molecular complexity index is 431. The molecule has 0 aliphatic carbocycles. The largest absolute Gasteiger partial charge is 0.389 e. The number of halogens is 1. The summed E-state index contributed by atoms with van der Waals surface area (Å²) >= 11 is 0. The zero-order valence-corrected chi connectivity index (χ0v) is 11.4. The standard InChI is InChI=1S/C15H22FNO/c1-10-5-4-6-17(9-10)15-7-11(2)14(16)8-13(15)12(3)18/h7-8,10,12,18H,4-6,9H2,1-3H3/t10?,12-/m1/s1. The number of aliphatic hydroxyl groups is 1. The van der Waals surface area contributed by atoms with Gasteiger partial charge in [-0.1, -0.05) is 6.92 Å². The minimum absolute atomic E-state index is 0.236. The predicted molar refractivity (Wildman–Crippen MR) is 72.4 cm³/mol. The Hall–Kier alpha value is -1.09. The maximum absolute atomic E-state index is 13.6. The lowest BCUT2D eigenvalue weighted by Gasteiger charge is -2.35. The number of benzene rings is 1. The monoisotopic (exact) mass is 251 g/mol. The number of piperidine rings is 1. The molecule has 1 aromatic rings. The zero-order chi connectivity index (χ0) is 13.3. The van der Waals surface area contributed by atoms with Crippen LogP contribution < -0.4 is 4.90 Å². The highest BCUT2D eigenvalue weighted by molar-refractivity contribution is 5.57. The second kappa shape index (κ2) is 5.27. The highest BCUT2D eigenvalue weighted by Crippen LogP contribution is 2.32. The molecule has 1 fully saturated rings. The third-order valence-corrected chi connectivity index (χ3v) is 3.76. The van der Waals surface area contributed by atoms with Crippen molar-refractivity contribution in [2.45, 2.75) is 39.7 Å². The van der Waals surface area contributed by atoms with Crippen molar-refractivity contribution in [3.63, 3.8) is 0 Å². The predicted octanol–water partition coefficient (Wildman–Crippen LogP) is 3.42. The van der Waals surface area contributed by atoms with Gasteiger partial charge in [0, 0.05) is 24.3 Å². The molecule has 0 bridgehead atoms. The van der Waals surface area contributed by atoms with Crippen LogP contribution in [-0.4, -0.2) is 18.2 Å². The van der Waals surface area contributed by atoms with Crippen molar-refractivity contribution in [3.05, 3.63) is 29.1 Å². The first-order chi connectivity index (χ1) is 8.49. The van der Waals surface area contributed by atoms with E-state index >= 15 is 0 Å². The Kier molecular flexibility index (Phi) is 3.91. The first-order valence-electron chi connectivity index (χ1n) is 6.72. The van der Waals surface area contributed by atoms with Crippen LogP contribution in [0.25, 0.3) is 0 Å². The number of hydrogen-bond acceptors (Lipinski definition) is 2. The van der Waals surface area contributed by atoms with Gasteiger partial charge in [0.05, 0.1) is 6.10 Å². The van der Waals surface area contributed by atoms with Gasteiger partial charge in [0.2, 0.25) is 0 Å². The molecule has 2 nitrogen and oxygen atoms in total. The summed E-state index contributed by atoms with van der Waals surface area (Å²) in [7, 11) is 0. The smallest absolute Gasteiger partial charge is 0.126 e. The van der Waals surface area contributed by atoms with E-state index in [1.807, 2.05) is 6.07 Å². The lowest BCUT2D eigenvalue weighted by atomic mass is 9.97. The molecule has 2 atom stereocenters. The van der Waals surface area contributed by atoms with Crippen molar-refractivity contribution >= 4 is 5.69 Å². The average molecular weight is 251 g/mol. The number of aryl methyl sites for hydroxylation is 1. The van der Waals surface area contributed by atoms with Crippen molar-refractivity contribution in [2.75, 3.05) is 18.0 Å². The molecule has 3 heteroatoms. The lowest BCUT2D eigenvalue weighted by Crippen LogP contribution is -2.35. The van der Waals surface area contributed by atoms with Crippen LogP contribution in [0, 0.1) is 18.7 Å². The van der Waals surface area contributed by atoms with Crippen molar-refractivity contribution in [3.8, 4) is 0 Å². The minimum atomic E-state index is -0.632. The van der Waals surface area contributed by atoms with Crippen LogP contribution in [-0.2, 0) is 0 Å². The fourth-order valence-corrected chi connectivity index (χ4v) is 2.70. The normalized spacial score (nSPS) is 22.1. The van der Waals surface area contributed by atoms with E-state index in [9.17, 15) is 9.50 Å². The molecule has 0 radical (unpaired) electrons. The summed E-state index contributed by atoms with van der Waals surface area (Å²) in [4.78, 5) is 2.28. The molecule has 18 heavy (non-hydrogen) atoms. The van der Waals surface area contributed by atoms with Crippen LogP contribution >= 0.6 is 0 Å². The van der Waals surface area contributed by atoms with Crippen LogP contribution in [0.2, 0.25) is 0 Å². The SMILES string of the molecule is Cc1cc(N2CCCC(C)C2)c([C@@H](C)O)cc1F. The summed E-state index contributed by atoms with van der Waals surface area (Å²) in [5.74, 6) is 0.422. The molecule has 0 saturated carbocycles. The molecular weight excluding hydrogens is 229 g/mol. The molecule has 1 unspecified atom stereocenters. The molecular formula is C15H22FNO. The van der Waals surface area contributed by atoms with Gasteiger partial charge in [-0.25, -0.2) is 4.39 Å². The van der Waals surface area contributed by atoms with Crippen LogP contribution in [0.5, 0.6) is 0 Å². The Morgan fingerprint density at radius 3 is 2.78 bits per heavy atom. The Labute approximate surface area is 108 Å². The maximum atomic E-state index is 13.6. The molecule has 0 spiro atoms. The Morgan fingerprint density at radius 1 is 1.44 bits per heavy atom. The lowest BCUT2D eigenvalue weighted by molar-refractivity contribution is 0.199. The highest BCUT2D eigenvalue weighted by atomic mass is 19.1. The van der Waals surface area contributed by atoms with Crippen molar-refractivity contribution in [1.29, 1.82) is 0 Å². The van der Waals surface area contributed by atoms with Gasteiger partial charge in [-0.15, -0.1) is 0 Å². The van der Waals surface area contributed by atoms with Crippen LogP contribution in [0.1, 0.15) is 43.9 Å². The summed E-state index contributed by atoms with van der Waals surface area (Å²) in [6.07, 6.45) is 1.78. The first kappa shape index (κ1) is 13.3. The van der Waals surface area contributed by atoms with E-state index < -0.39 is 6.10 Å². The van der Waals surface area contributed by atoms with Gasteiger partial charge in [-0.2, -0.15) is 0 Å². The molecule has 1 saturated heterocycles. The second-order valence-electron chi connectivity index (χ2n) is 5.53. The molecule has 0 amide bonds. The van der Waals surface area contributed by atoms with Gasteiger partial charge in [-0.3, -0.25) is 0 Å². The topological polar surface area (TPSA) is 23.5 Å². The Morgan fingerprint density at radius 2 is 2.17 bits per heavy atom. The summed E-state index contributed by atoms with van der Waals surface area (Å²) in [6.45, 7) is 7.70. The molecule has 2 rings (SSSR count). The summed E-state index contributed by atoms with van der Waals surface area (Å²) < 4.78 is 13.6. The number of aliphatic hydroxyl groups excluding tert-OH is 1. The van der Waals surface area contributed by atoms with Gasteiger partial charge >= 0.3 is 0 Å². The van der Waals surface area contributed by atoms with Gasteiger partial charge in [-0.05, 0) is 50.3 Å². The van der Waals surface area contributed by atoms with E-state index in [0.717, 1.165) is 25.2 Å². The average Bonchev–Trinajstić information content (AvgIpc) is 2.31. The number of nitrogens with zero attached hydrogens (tertiary/aromatic N) is 1. The van der Waals surface area contributed by atoms with Gasteiger partial charge in [0.1, 0.15) is 5.82 Å². The van der Waals surface area contributed by atoms with E-state index in [-0.39, 0.29) is 5.82 Å². The van der Waals surface area contributed by atoms with E-state index in [4.69, 9.17) is 0 Å². The second-order valence-corrected chi connectivity index (χ2v) is 5.53. The molecule has 1 aliphatic heterocycles. The number of anilines is 1. The van der Waals surface area contributed by atoms with E-state index in [1.165, 1.54) is 12.5 Å². The van der Waals surface area contributed by atoms with Crippen LogP contribution in [0.4, 0.5) is 10.1 Å². The fraction of sp³-hybridized carbons (Fsp3) is 0.600. The zero-order valence-electron chi connectivity index (χ0n) is 11.4. The van der Waals surface area contributed by atoms with Crippen molar-refractivity contribution < 1.29 is 9.50 Å². The summed E-state index contributed by atoms with van der Waals surface area (Å²) in [5, 5.41) is 9.82. The fourth-order valence-electron chi connectivity index (χ4n) is 2.70. The molecule has 1 aliphatic rings. The van der Waals surface area contributed by atoms with E-state index in [0.29, 0.717) is 17.0 Å². The van der Waals surface area contributed by atoms with Crippen molar-refractivity contribution in [2.24, 2.45) is 5.92 Å². The van der Waals surface area contributed by atoms with Gasteiger partial charge < -0.3 is 10.0 Å². The first-order valence-corrected chi connectivity index (χ1v) is 6.72. The van der Waals surface area contributed by atoms with Gasteiger partial charge in [0.15, 0.2) is 0 Å².